The number of rotatable bonds is 6. The fourth-order valence-corrected chi connectivity index (χ4v) is 4.73. The lowest BCUT2D eigenvalue weighted by molar-refractivity contribution is -0.128. The van der Waals surface area contributed by atoms with Gasteiger partial charge in [-0.05, 0) is 50.3 Å². The fourth-order valence-electron chi connectivity index (χ4n) is 4.73. The van der Waals surface area contributed by atoms with Gasteiger partial charge in [-0.3, -0.25) is 4.57 Å². The topological polar surface area (TPSA) is 96.4 Å². The minimum Gasteiger partial charge on any atom is -0.355 e. The first-order valence-electron chi connectivity index (χ1n) is 11.4. The van der Waals surface area contributed by atoms with Gasteiger partial charge in [0.1, 0.15) is 17.3 Å². The first-order chi connectivity index (χ1) is 16.8. The smallest absolute Gasteiger partial charge is 0.355 e. The van der Waals surface area contributed by atoms with Gasteiger partial charge in [0.25, 0.3) is 0 Å². The van der Waals surface area contributed by atoms with Crippen molar-refractivity contribution in [1.29, 1.82) is 5.26 Å². The lowest BCUT2D eigenvalue weighted by Crippen LogP contribution is -2.39. The second-order valence-electron chi connectivity index (χ2n) is 8.73. The van der Waals surface area contributed by atoms with Crippen LogP contribution in [-0.2, 0) is 11.9 Å². The van der Waals surface area contributed by atoms with E-state index in [-0.39, 0.29) is 17.7 Å². The Kier molecular flexibility index (Phi) is 7.05. The summed E-state index contributed by atoms with van der Waals surface area (Å²) in [5.41, 5.74) is 3.20. The Labute approximate surface area is 201 Å². The van der Waals surface area contributed by atoms with Crippen LogP contribution in [0.25, 0.3) is 11.0 Å². The highest BCUT2D eigenvalue weighted by Crippen LogP contribution is 2.33. The summed E-state index contributed by atoms with van der Waals surface area (Å²) < 4.78 is 27.0. The molecule has 0 amide bonds. The SMILES string of the molecule is Cc1ccccc1/C(=N/OC(F)F)[C@H]1CC[C@H](N(C)c2nc(=O)n(C)c3ccc(C#N)nc23)CC1. The minimum absolute atomic E-state index is 0.0452. The van der Waals surface area contributed by atoms with E-state index in [2.05, 4.69) is 20.0 Å². The monoisotopic (exact) mass is 480 g/mol. The molecule has 2 heterocycles. The molecule has 1 aromatic carbocycles. The number of benzene rings is 1. The number of aryl methyl sites for hydroxylation is 2. The van der Waals surface area contributed by atoms with Crippen LogP contribution in [0.5, 0.6) is 0 Å². The van der Waals surface area contributed by atoms with Crippen LogP contribution in [0.3, 0.4) is 0 Å². The number of nitriles is 1. The Morgan fingerprint density at radius 2 is 1.91 bits per heavy atom. The van der Waals surface area contributed by atoms with Gasteiger partial charge < -0.3 is 9.74 Å². The number of aromatic nitrogens is 3. The van der Waals surface area contributed by atoms with Crippen molar-refractivity contribution in [1.82, 2.24) is 14.5 Å². The molecule has 1 saturated carbocycles. The van der Waals surface area contributed by atoms with Gasteiger partial charge in [0.05, 0.1) is 11.2 Å². The number of anilines is 1. The molecule has 0 bridgehead atoms. The Morgan fingerprint density at radius 3 is 2.57 bits per heavy atom. The molecular weight excluding hydrogens is 454 g/mol. The lowest BCUT2D eigenvalue weighted by atomic mass is 9.80. The molecule has 0 unspecified atom stereocenters. The Balaban J connectivity index is 1.60. The number of hydrogen-bond donors (Lipinski definition) is 0. The second kappa shape index (κ2) is 10.2. The van der Waals surface area contributed by atoms with Crippen LogP contribution < -0.4 is 10.6 Å². The minimum atomic E-state index is -2.98. The lowest BCUT2D eigenvalue weighted by Gasteiger charge is -2.36. The molecule has 35 heavy (non-hydrogen) atoms. The Hall–Kier alpha value is -3.87. The molecule has 0 radical (unpaired) electrons. The van der Waals surface area contributed by atoms with E-state index in [1.54, 1.807) is 19.2 Å². The van der Waals surface area contributed by atoms with Crippen molar-refractivity contribution in [2.24, 2.45) is 18.1 Å². The maximum absolute atomic E-state index is 12.8. The molecule has 182 valence electrons. The van der Waals surface area contributed by atoms with Crippen LogP contribution in [-0.4, -0.2) is 39.9 Å². The first-order valence-corrected chi connectivity index (χ1v) is 11.4. The third kappa shape index (κ3) is 4.99. The van der Waals surface area contributed by atoms with E-state index < -0.39 is 12.3 Å². The van der Waals surface area contributed by atoms with Crippen molar-refractivity contribution >= 4 is 22.6 Å². The number of pyridine rings is 1. The van der Waals surface area contributed by atoms with Gasteiger partial charge in [-0.1, -0.05) is 29.4 Å². The number of hydrogen-bond acceptors (Lipinski definition) is 7. The molecule has 2 aromatic heterocycles. The van der Waals surface area contributed by atoms with Crippen LogP contribution in [0, 0.1) is 24.2 Å². The zero-order chi connectivity index (χ0) is 25.1. The normalized spacial score (nSPS) is 18.5. The molecule has 1 aliphatic carbocycles. The van der Waals surface area contributed by atoms with Gasteiger partial charge in [0, 0.05) is 31.6 Å². The zero-order valence-electron chi connectivity index (χ0n) is 19.8. The van der Waals surface area contributed by atoms with Gasteiger partial charge in [0.2, 0.25) is 0 Å². The van der Waals surface area contributed by atoms with Crippen LogP contribution in [0.4, 0.5) is 14.6 Å². The summed E-state index contributed by atoms with van der Waals surface area (Å²) in [6.07, 6.45) is 2.87. The number of alkyl halides is 2. The van der Waals surface area contributed by atoms with E-state index in [1.165, 1.54) is 4.57 Å². The van der Waals surface area contributed by atoms with Crippen molar-refractivity contribution < 1.29 is 13.6 Å². The third-order valence-corrected chi connectivity index (χ3v) is 6.67. The van der Waals surface area contributed by atoms with Gasteiger partial charge in [-0.15, -0.1) is 0 Å². The zero-order valence-corrected chi connectivity index (χ0v) is 19.8. The Bertz CT molecular complexity index is 1360. The summed E-state index contributed by atoms with van der Waals surface area (Å²) in [6.45, 7) is -1.07. The number of oxime groups is 1. The first kappa shape index (κ1) is 24.3. The van der Waals surface area contributed by atoms with Gasteiger partial charge in [-0.25, -0.2) is 9.78 Å². The third-order valence-electron chi connectivity index (χ3n) is 6.67. The molecule has 3 aromatic rings. The quantitative estimate of drug-likeness (QED) is 0.389. The van der Waals surface area contributed by atoms with E-state index in [0.29, 0.717) is 35.4 Å². The van der Waals surface area contributed by atoms with Crippen LogP contribution in [0.1, 0.15) is 42.5 Å². The van der Waals surface area contributed by atoms with Crippen molar-refractivity contribution in [2.75, 3.05) is 11.9 Å². The highest BCUT2D eigenvalue weighted by molar-refractivity contribution is 6.03. The summed E-state index contributed by atoms with van der Waals surface area (Å²) >= 11 is 0. The molecule has 8 nitrogen and oxygen atoms in total. The molecule has 0 aliphatic heterocycles. The van der Waals surface area contributed by atoms with Gasteiger partial charge >= 0.3 is 12.3 Å². The Morgan fingerprint density at radius 1 is 1.20 bits per heavy atom. The van der Waals surface area contributed by atoms with Gasteiger partial charge in [-0.2, -0.15) is 19.0 Å². The summed E-state index contributed by atoms with van der Waals surface area (Å²) in [5, 5.41) is 13.1. The average molecular weight is 481 g/mol. The van der Waals surface area contributed by atoms with Crippen molar-refractivity contribution in [2.45, 2.75) is 45.3 Å². The summed E-state index contributed by atoms with van der Waals surface area (Å²) in [7, 11) is 3.48. The molecule has 1 aliphatic rings. The number of halogens is 2. The molecular formula is C25H26F2N6O2. The molecule has 1 fully saturated rings. The molecule has 0 N–H and O–H groups in total. The predicted molar refractivity (Wildman–Crippen MR) is 128 cm³/mol. The van der Waals surface area contributed by atoms with E-state index >= 15 is 0 Å². The number of nitrogens with zero attached hydrogens (tertiary/aromatic N) is 6. The average Bonchev–Trinajstić information content (AvgIpc) is 2.86. The summed E-state index contributed by atoms with van der Waals surface area (Å²) in [5.74, 6) is 0.383. The maximum Gasteiger partial charge on any atom is 0.407 e. The van der Waals surface area contributed by atoms with Crippen molar-refractivity contribution in [3.8, 4) is 6.07 Å². The van der Waals surface area contributed by atoms with E-state index in [0.717, 1.165) is 24.0 Å². The number of fused-ring (bicyclic) bond motifs is 1. The summed E-state index contributed by atoms with van der Waals surface area (Å²) in [6, 6.07) is 12.9. The maximum atomic E-state index is 12.8. The van der Waals surface area contributed by atoms with Crippen molar-refractivity contribution in [3.05, 3.63) is 63.7 Å². The van der Waals surface area contributed by atoms with Gasteiger partial charge in [0.15, 0.2) is 5.82 Å². The van der Waals surface area contributed by atoms with Crippen LogP contribution >= 0.6 is 0 Å². The van der Waals surface area contributed by atoms with Crippen LogP contribution in [0.15, 0.2) is 46.3 Å². The van der Waals surface area contributed by atoms with Crippen LogP contribution in [0.2, 0.25) is 0 Å². The largest absolute Gasteiger partial charge is 0.407 e. The molecule has 0 atom stereocenters. The van der Waals surface area contributed by atoms with Crippen molar-refractivity contribution in [3.63, 3.8) is 0 Å². The molecule has 0 saturated heterocycles. The highest BCUT2D eigenvalue weighted by Gasteiger charge is 2.30. The molecule has 10 heteroatoms. The van der Waals surface area contributed by atoms with E-state index in [9.17, 15) is 18.8 Å². The fraction of sp³-hybridized carbons (Fsp3) is 0.400. The second-order valence-corrected chi connectivity index (χ2v) is 8.73. The highest BCUT2D eigenvalue weighted by atomic mass is 19.3. The molecule has 0 spiro atoms. The van der Waals surface area contributed by atoms with E-state index in [1.807, 2.05) is 49.2 Å². The predicted octanol–water partition coefficient (Wildman–Crippen LogP) is 4.15. The molecule has 4 rings (SSSR count). The summed E-state index contributed by atoms with van der Waals surface area (Å²) in [4.78, 5) is 27.5. The van der Waals surface area contributed by atoms with E-state index in [4.69, 9.17) is 0 Å². The standard InChI is InChI=1S/C25H26F2N6O2/c1-15-6-4-5-7-19(15)21(31-35-24(26)27)16-8-11-18(12-9-16)32(2)23-22-20(33(3)25(34)30-23)13-10-17(14-28)29-22/h4-7,10,13,16,18,24H,8-9,11-12H2,1-3H3/b31-21+/t16-,18-.